The lowest BCUT2D eigenvalue weighted by Crippen LogP contribution is -2.65. The summed E-state index contributed by atoms with van der Waals surface area (Å²) < 4.78 is 11.0. The van der Waals surface area contributed by atoms with Gasteiger partial charge in [-0.25, -0.2) is 4.79 Å². The number of piperazine rings is 1. The van der Waals surface area contributed by atoms with Gasteiger partial charge in [-0.15, -0.1) is 0 Å². The number of carbonyl (C=O) groups is 2. The molecule has 2 aliphatic rings. The molecule has 1 N–H and O–H groups in total. The lowest BCUT2D eigenvalue weighted by Gasteiger charge is -2.43. The van der Waals surface area contributed by atoms with Crippen LogP contribution in [0.25, 0.3) is 11.0 Å². The van der Waals surface area contributed by atoms with Crippen molar-refractivity contribution in [2.45, 2.75) is 44.6 Å². The van der Waals surface area contributed by atoms with Crippen molar-refractivity contribution in [2.75, 3.05) is 19.7 Å². The number of aryl methyl sites for hydroxylation is 1. The van der Waals surface area contributed by atoms with Crippen molar-refractivity contribution in [3.8, 4) is 5.75 Å². The monoisotopic (exact) mass is 384 g/mol. The Balaban J connectivity index is 1.51. The van der Waals surface area contributed by atoms with Crippen molar-refractivity contribution in [1.82, 2.24) is 10.2 Å². The molecular weight excluding hydrogens is 360 g/mol. The molecule has 0 radical (unpaired) electrons. The Morgan fingerprint density at radius 2 is 2.04 bits per heavy atom. The van der Waals surface area contributed by atoms with Gasteiger partial charge in [-0.2, -0.15) is 0 Å². The molecule has 28 heavy (non-hydrogen) atoms. The highest BCUT2D eigenvalue weighted by atomic mass is 16.5. The summed E-state index contributed by atoms with van der Waals surface area (Å²) in [7, 11) is 0. The highest BCUT2D eigenvalue weighted by Crippen LogP contribution is 2.37. The van der Waals surface area contributed by atoms with Gasteiger partial charge < -0.3 is 19.4 Å². The molecule has 1 aromatic heterocycles. The summed E-state index contributed by atoms with van der Waals surface area (Å²) in [6.07, 6.45) is 4.01. The first kappa shape index (κ1) is 18.5. The van der Waals surface area contributed by atoms with E-state index in [-0.39, 0.29) is 18.4 Å². The van der Waals surface area contributed by atoms with Gasteiger partial charge in [0.1, 0.15) is 16.9 Å². The zero-order valence-electron chi connectivity index (χ0n) is 16.0. The van der Waals surface area contributed by atoms with Crippen molar-refractivity contribution in [3.63, 3.8) is 0 Å². The average Bonchev–Trinajstić information content (AvgIpc) is 3.17. The molecule has 0 bridgehead atoms. The smallest absolute Gasteiger partial charge is 0.336 e. The summed E-state index contributed by atoms with van der Waals surface area (Å²) in [6.45, 7) is 2.79. The molecule has 7 nitrogen and oxygen atoms in total. The van der Waals surface area contributed by atoms with E-state index in [1.165, 1.54) is 6.07 Å². The maximum absolute atomic E-state index is 12.8. The van der Waals surface area contributed by atoms with Crippen molar-refractivity contribution in [3.05, 3.63) is 40.2 Å². The first-order valence-corrected chi connectivity index (χ1v) is 9.82. The number of ether oxygens (including phenoxy) is 1. The van der Waals surface area contributed by atoms with E-state index in [1.807, 2.05) is 13.0 Å². The number of rotatable bonds is 4. The fraction of sp³-hybridized carbons (Fsp3) is 0.476. The Morgan fingerprint density at radius 3 is 2.79 bits per heavy atom. The van der Waals surface area contributed by atoms with Gasteiger partial charge in [0.25, 0.3) is 5.91 Å². The predicted molar refractivity (Wildman–Crippen MR) is 103 cm³/mol. The lowest BCUT2D eigenvalue weighted by molar-refractivity contribution is -0.152. The van der Waals surface area contributed by atoms with E-state index in [9.17, 15) is 14.4 Å². The van der Waals surface area contributed by atoms with Crippen LogP contribution < -0.4 is 15.7 Å². The Bertz CT molecular complexity index is 974. The minimum atomic E-state index is -0.717. The van der Waals surface area contributed by atoms with Crippen LogP contribution in [0, 0.1) is 0 Å². The van der Waals surface area contributed by atoms with E-state index in [2.05, 4.69) is 5.32 Å². The summed E-state index contributed by atoms with van der Waals surface area (Å²) in [5.41, 5.74) is 0.237. The van der Waals surface area contributed by atoms with Crippen LogP contribution in [0.2, 0.25) is 0 Å². The zero-order valence-corrected chi connectivity index (χ0v) is 16.0. The number of benzene rings is 1. The normalized spacial score (nSPS) is 18.5. The number of carbonyl (C=O) groups excluding carboxylic acids is 2. The second kappa shape index (κ2) is 7.30. The van der Waals surface area contributed by atoms with Crippen LogP contribution in [0.1, 0.15) is 38.2 Å². The molecule has 148 valence electrons. The summed E-state index contributed by atoms with van der Waals surface area (Å²) in [5, 5.41) is 3.75. The molecule has 1 aromatic carbocycles. The Labute approximate surface area is 162 Å². The van der Waals surface area contributed by atoms with E-state index < -0.39 is 11.2 Å². The topological polar surface area (TPSA) is 88.8 Å². The number of hydrogen-bond acceptors (Lipinski definition) is 5. The van der Waals surface area contributed by atoms with Crippen LogP contribution >= 0.6 is 0 Å². The minimum absolute atomic E-state index is 0.0517. The van der Waals surface area contributed by atoms with Crippen molar-refractivity contribution >= 4 is 22.8 Å². The first-order chi connectivity index (χ1) is 13.5. The fourth-order valence-electron chi connectivity index (χ4n) is 4.42. The number of hydrogen-bond donors (Lipinski definition) is 1. The van der Waals surface area contributed by atoms with Gasteiger partial charge in [0.2, 0.25) is 5.91 Å². The number of nitrogens with one attached hydrogen (secondary N) is 1. The lowest BCUT2D eigenvalue weighted by atomic mass is 9.91. The molecule has 1 saturated heterocycles. The van der Waals surface area contributed by atoms with Crippen LogP contribution in [0.5, 0.6) is 5.75 Å². The summed E-state index contributed by atoms with van der Waals surface area (Å²) in [5.74, 6) is 0.212. The average molecular weight is 384 g/mol. The highest BCUT2D eigenvalue weighted by Gasteiger charge is 2.50. The van der Waals surface area contributed by atoms with Crippen molar-refractivity contribution in [1.29, 1.82) is 0 Å². The molecule has 2 amide bonds. The molecule has 2 aromatic rings. The van der Waals surface area contributed by atoms with Crippen LogP contribution in [0.3, 0.4) is 0 Å². The van der Waals surface area contributed by atoms with Gasteiger partial charge in [0.05, 0.1) is 0 Å². The van der Waals surface area contributed by atoms with E-state index in [0.717, 1.165) is 30.2 Å². The molecule has 1 saturated carbocycles. The predicted octanol–water partition coefficient (Wildman–Crippen LogP) is 2.01. The zero-order chi connectivity index (χ0) is 19.7. The highest BCUT2D eigenvalue weighted by molar-refractivity contribution is 5.93. The fourth-order valence-corrected chi connectivity index (χ4v) is 4.42. The summed E-state index contributed by atoms with van der Waals surface area (Å²) >= 11 is 0. The third-order valence-electron chi connectivity index (χ3n) is 5.84. The van der Waals surface area contributed by atoms with Gasteiger partial charge in [-0.1, -0.05) is 19.8 Å². The first-order valence-electron chi connectivity index (χ1n) is 9.82. The van der Waals surface area contributed by atoms with Crippen molar-refractivity contribution in [2.24, 2.45) is 0 Å². The largest absolute Gasteiger partial charge is 0.484 e. The number of fused-ring (bicyclic) bond motifs is 1. The molecule has 1 aliphatic heterocycles. The second-order valence-electron chi connectivity index (χ2n) is 7.43. The molecule has 0 unspecified atom stereocenters. The van der Waals surface area contributed by atoms with Gasteiger partial charge >= 0.3 is 5.63 Å². The summed E-state index contributed by atoms with van der Waals surface area (Å²) in [4.78, 5) is 38.7. The number of amides is 2. The number of nitrogens with zero attached hydrogens (tertiary/aromatic N) is 1. The molecule has 1 aliphatic carbocycles. The third kappa shape index (κ3) is 3.15. The van der Waals surface area contributed by atoms with Gasteiger partial charge in [-0.05, 0) is 37.0 Å². The quantitative estimate of drug-likeness (QED) is 0.815. The molecule has 2 heterocycles. The molecule has 1 spiro atoms. The molecular formula is C21H24N2O5. The Kier molecular flexibility index (Phi) is 4.83. The molecule has 4 rings (SSSR count). The Morgan fingerprint density at radius 1 is 1.25 bits per heavy atom. The van der Waals surface area contributed by atoms with E-state index in [0.29, 0.717) is 37.3 Å². The summed E-state index contributed by atoms with van der Waals surface area (Å²) in [6, 6.07) is 6.74. The standard InChI is InChI=1S/C21H24N2O5/c1-2-14-11-19(25)28-17-12-15(5-6-16(14)17)27-13-18(24)23-10-9-22-20(26)21(23)7-3-4-8-21/h5-6,11-12H,2-4,7-10,13H2,1H3,(H,22,26). The SMILES string of the molecule is CCc1cc(=O)oc2cc(OCC(=O)N3CCNC(=O)C34CCCC4)ccc12. The van der Waals surface area contributed by atoms with Gasteiger partial charge in [-0.3, -0.25) is 9.59 Å². The van der Waals surface area contributed by atoms with E-state index >= 15 is 0 Å². The second-order valence-corrected chi connectivity index (χ2v) is 7.43. The minimum Gasteiger partial charge on any atom is -0.484 e. The van der Waals surface area contributed by atoms with Crippen LogP contribution in [-0.4, -0.2) is 41.9 Å². The maximum atomic E-state index is 12.8. The van der Waals surface area contributed by atoms with Gasteiger partial charge in [0, 0.05) is 30.6 Å². The van der Waals surface area contributed by atoms with Crippen LogP contribution in [0.15, 0.2) is 33.5 Å². The van der Waals surface area contributed by atoms with Crippen LogP contribution in [-0.2, 0) is 16.0 Å². The van der Waals surface area contributed by atoms with Gasteiger partial charge in [0.15, 0.2) is 6.61 Å². The van der Waals surface area contributed by atoms with Crippen LogP contribution in [0.4, 0.5) is 0 Å². The third-order valence-corrected chi connectivity index (χ3v) is 5.84. The maximum Gasteiger partial charge on any atom is 0.336 e. The molecule has 2 fully saturated rings. The van der Waals surface area contributed by atoms with E-state index in [1.54, 1.807) is 17.0 Å². The van der Waals surface area contributed by atoms with E-state index in [4.69, 9.17) is 9.15 Å². The van der Waals surface area contributed by atoms with Crippen molar-refractivity contribution < 1.29 is 18.7 Å². The Hall–Kier alpha value is -2.83. The molecule has 7 heteroatoms. The molecule has 0 atom stereocenters.